The first kappa shape index (κ1) is 24.6. The van der Waals surface area contributed by atoms with E-state index in [2.05, 4.69) is 20.7 Å². The fourth-order valence-electron chi connectivity index (χ4n) is 3.75. The summed E-state index contributed by atoms with van der Waals surface area (Å²) in [5, 5.41) is 22.7. The smallest absolute Gasteiger partial charge is 0.309 e. The van der Waals surface area contributed by atoms with Crippen LogP contribution in [0.1, 0.15) is 42.7 Å². The number of aliphatic carboxylic acids is 1. The van der Waals surface area contributed by atoms with Gasteiger partial charge >= 0.3 is 11.9 Å². The zero-order valence-electron chi connectivity index (χ0n) is 19.2. The third kappa shape index (κ3) is 6.74. The molecule has 0 aliphatic carbocycles. The van der Waals surface area contributed by atoms with Crippen LogP contribution >= 0.6 is 0 Å². The van der Waals surface area contributed by atoms with E-state index in [4.69, 9.17) is 4.74 Å². The predicted octanol–water partition coefficient (Wildman–Crippen LogP) is 3.25. The van der Waals surface area contributed by atoms with E-state index in [-0.39, 0.29) is 25.1 Å². The quantitative estimate of drug-likeness (QED) is 0.371. The zero-order chi connectivity index (χ0) is 24.6. The van der Waals surface area contributed by atoms with E-state index >= 15 is 0 Å². The Morgan fingerprint density at radius 1 is 1.09 bits per heavy atom. The lowest BCUT2D eigenvalue weighted by atomic mass is 9.79. The molecule has 178 valence electrons. The molecule has 0 saturated carbocycles. The Morgan fingerprint density at radius 3 is 2.35 bits per heavy atom. The van der Waals surface area contributed by atoms with Crippen molar-refractivity contribution in [3.05, 3.63) is 72.1 Å². The highest BCUT2D eigenvalue weighted by molar-refractivity contribution is 5.92. The van der Waals surface area contributed by atoms with Crippen LogP contribution in [0.4, 0.5) is 0 Å². The number of carbonyl (C=O) groups is 3. The predicted molar refractivity (Wildman–Crippen MR) is 125 cm³/mol. The number of benzene rings is 2. The summed E-state index contributed by atoms with van der Waals surface area (Å²) in [6.07, 6.45) is 1.96. The molecule has 0 aliphatic rings. The third-order valence-electron chi connectivity index (χ3n) is 5.70. The first-order valence-corrected chi connectivity index (χ1v) is 10.9. The molecule has 2 atom stereocenters. The molecule has 3 aromatic rings. The lowest BCUT2D eigenvalue weighted by molar-refractivity contribution is -0.152. The maximum Gasteiger partial charge on any atom is 0.309 e. The number of nitrogens with zero attached hydrogens (tertiary/aromatic N) is 2. The van der Waals surface area contributed by atoms with Crippen LogP contribution in [0.15, 0.2) is 60.8 Å². The Labute approximate surface area is 197 Å². The van der Waals surface area contributed by atoms with Gasteiger partial charge in [-0.1, -0.05) is 54.6 Å². The molecule has 3 rings (SSSR count). The van der Waals surface area contributed by atoms with Crippen LogP contribution in [0.2, 0.25) is 0 Å². The Kier molecular flexibility index (Phi) is 8.13. The second-order valence-electron chi connectivity index (χ2n) is 8.45. The van der Waals surface area contributed by atoms with E-state index in [9.17, 15) is 19.5 Å². The molecule has 0 spiro atoms. The van der Waals surface area contributed by atoms with Gasteiger partial charge in [0.15, 0.2) is 5.69 Å². The average molecular weight is 465 g/mol. The summed E-state index contributed by atoms with van der Waals surface area (Å²) >= 11 is 0. The second-order valence-corrected chi connectivity index (χ2v) is 8.45. The normalized spacial score (nSPS) is 13.5. The first-order chi connectivity index (χ1) is 16.3. The van der Waals surface area contributed by atoms with Gasteiger partial charge in [0.1, 0.15) is 0 Å². The van der Waals surface area contributed by atoms with Crippen molar-refractivity contribution in [1.82, 2.24) is 20.7 Å². The molecular weight excluding hydrogens is 436 g/mol. The van der Waals surface area contributed by atoms with Crippen LogP contribution in [0.5, 0.6) is 0 Å². The minimum absolute atomic E-state index is 0.0200. The molecule has 0 aliphatic heterocycles. The fraction of sp³-hybridized carbons (Fsp3) is 0.320. The van der Waals surface area contributed by atoms with Crippen LogP contribution in [-0.2, 0) is 20.7 Å². The van der Waals surface area contributed by atoms with Crippen molar-refractivity contribution < 1.29 is 24.2 Å². The summed E-state index contributed by atoms with van der Waals surface area (Å²) in [5.41, 5.74) is 1.98. The average Bonchev–Trinajstić information content (AvgIpc) is 3.35. The van der Waals surface area contributed by atoms with Gasteiger partial charge in [0.05, 0.1) is 18.2 Å². The van der Waals surface area contributed by atoms with Crippen LogP contribution in [0, 0.1) is 5.41 Å². The topological polar surface area (TPSA) is 134 Å². The Balaban J connectivity index is 1.79. The van der Waals surface area contributed by atoms with Gasteiger partial charge in [0.2, 0.25) is 0 Å². The van der Waals surface area contributed by atoms with Crippen LogP contribution in [-0.4, -0.2) is 51.0 Å². The van der Waals surface area contributed by atoms with Gasteiger partial charge in [-0.2, -0.15) is 15.4 Å². The Bertz CT molecular complexity index is 1100. The van der Waals surface area contributed by atoms with Gasteiger partial charge in [0.25, 0.3) is 5.91 Å². The number of esters is 1. The number of amides is 1. The van der Waals surface area contributed by atoms with Crippen molar-refractivity contribution in [1.29, 1.82) is 0 Å². The lowest BCUT2D eigenvalue weighted by Crippen LogP contribution is -2.43. The molecular formula is C25H28N4O5. The zero-order valence-corrected chi connectivity index (χ0v) is 19.2. The number of carbonyl (C=O) groups excluding carboxylic acids is 2. The second kappa shape index (κ2) is 11.2. The van der Waals surface area contributed by atoms with Gasteiger partial charge in [-0.3, -0.25) is 14.4 Å². The van der Waals surface area contributed by atoms with Crippen molar-refractivity contribution in [3.8, 4) is 11.1 Å². The van der Waals surface area contributed by atoms with Crippen LogP contribution in [0.25, 0.3) is 11.1 Å². The van der Waals surface area contributed by atoms with E-state index in [1.54, 1.807) is 6.92 Å². The number of rotatable bonds is 11. The molecule has 9 heteroatoms. The van der Waals surface area contributed by atoms with Crippen molar-refractivity contribution >= 4 is 17.8 Å². The summed E-state index contributed by atoms with van der Waals surface area (Å²) in [5.74, 6) is -1.95. The highest BCUT2D eigenvalue weighted by Crippen LogP contribution is 2.30. The van der Waals surface area contributed by atoms with E-state index < -0.39 is 29.3 Å². The van der Waals surface area contributed by atoms with Gasteiger partial charge in [-0.15, -0.1) is 0 Å². The van der Waals surface area contributed by atoms with Gasteiger partial charge in [-0.05, 0) is 42.9 Å². The van der Waals surface area contributed by atoms with Crippen molar-refractivity contribution in [3.63, 3.8) is 0 Å². The standard InChI is InChI=1S/C25H28N4O5/c1-17(30)34-13-12-25(2,24(32)33)15-21(27-23(31)22-16-26-29-28-22)14-18-8-10-20(11-9-18)19-6-4-3-5-7-19/h3-11,16,21H,12-15H2,1-2H3,(H,27,31)(H,32,33)(H,26,28,29)/t21-,25?/m1/s1. The minimum atomic E-state index is -1.22. The molecule has 1 amide bonds. The minimum Gasteiger partial charge on any atom is -0.481 e. The van der Waals surface area contributed by atoms with Gasteiger partial charge < -0.3 is 15.2 Å². The molecule has 0 saturated heterocycles. The highest BCUT2D eigenvalue weighted by Gasteiger charge is 2.36. The number of hydrogen-bond acceptors (Lipinski definition) is 6. The molecule has 1 aromatic heterocycles. The maximum absolute atomic E-state index is 12.7. The van der Waals surface area contributed by atoms with E-state index in [0.717, 1.165) is 16.7 Å². The number of aromatic nitrogens is 3. The molecule has 0 radical (unpaired) electrons. The fourth-order valence-corrected chi connectivity index (χ4v) is 3.75. The van der Waals surface area contributed by atoms with Crippen molar-refractivity contribution in [2.75, 3.05) is 6.61 Å². The molecule has 9 nitrogen and oxygen atoms in total. The largest absolute Gasteiger partial charge is 0.481 e. The van der Waals surface area contributed by atoms with Crippen LogP contribution in [0.3, 0.4) is 0 Å². The maximum atomic E-state index is 12.7. The summed E-state index contributed by atoms with van der Waals surface area (Å²) < 4.78 is 4.97. The van der Waals surface area contributed by atoms with Crippen LogP contribution < -0.4 is 5.32 Å². The number of hydrogen-bond donors (Lipinski definition) is 3. The molecule has 0 fully saturated rings. The third-order valence-corrected chi connectivity index (χ3v) is 5.70. The SMILES string of the molecule is CC(=O)OCCC(C)(C[C@@H](Cc1ccc(-c2ccccc2)cc1)NC(=O)c1cn[nH]n1)C(=O)O. The molecule has 1 heterocycles. The number of nitrogens with one attached hydrogen (secondary N) is 2. The van der Waals surface area contributed by atoms with Gasteiger partial charge in [0, 0.05) is 13.0 Å². The summed E-state index contributed by atoms with van der Waals surface area (Å²) in [7, 11) is 0. The van der Waals surface area contributed by atoms with E-state index in [0.29, 0.717) is 6.42 Å². The van der Waals surface area contributed by atoms with Crippen molar-refractivity contribution in [2.45, 2.75) is 39.2 Å². The monoisotopic (exact) mass is 464 g/mol. The highest BCUT2D eigenvalue weighted by atomic mass is 16.5. The molecule has 3 N–H and O–H groups in total. The summed E-state index contributed by atoms with van der Waals surface area (Å²) in [4.78, 5) is 35.9. The molecule has 34 heavy (non-hydrogen) atoms. The number of carboxylic acids is 1. The summed E-state index contributed by atoms with van der Waals surface area (Å²) in [6, 6.07) is 17.4. The Hall–Kier alpha value is -4.01. The van der Waals surface area contributed by atoms with E-state index in [1.807, 2.05) is 54.6 Å². The van der Waals surface area contributed by atoms with Gasteiger partial charge in [-0.25, -0.2) is 0 Å². The Morgan fingerprint density at radius 2 is 1.76 bits per heavy atom. The molecule has 2 aromatic carbocycles. The molecule has 1 unspecified atom stereocenters. The van der Waals surface area contributed by atoms with Crippen molar-refractivity contribution in [2.24, 2.45) is 5.41 Å². The number of carboxylic acid groups (broad SMARTS) is 1. The molecule has 0 bridgehead atoms. The number of ether oxygens (including phenoxy) is 1. The summed E-state index contributed by atoms with van der Waals surface area (Å²) in [6.45, 7) is 2.85. The lowest BCUT2D eigenvalue weighted by Gasteiger charge is -2.30. The number of aromatic amines is 1. The van der Waals surface area contributed by atoms with E-state index in [1.165, 1.54) is 13.1 Å². The first-order valence-electron chi connectivity index (χ1n) is 10.9. The number of H-pyrrole nitrogens is 1.